The maximum absolute atomic E-state index is 6.25. The molecule has 0 radical (unpaired) electrons. The van der Waals surface area contributed by atoms with Crippen molar-refractivity contribution in [1.82, 2.24) is 9.55 Å². The monoisotopic (exact) mass is 410 g/mol. The molecule has 0 aliphatic carbocycles. The first-order chi connectivity index (χ1) is 13.5. The molecule has 0 bridgehead atoms. The van der Waals surface area contributed by atoms with Gasteiger partial charge in [0.1, 0.15) is 18.2 Å². The van der Waals surface area contributed by atoms with Crippen molar-refractivity contribution in [3.8, 4) is 17.1 Å². The van der Waals surface area contributed by atoms with E-state index >= 15 is 0 Å². The van der Waals surface area contributed by atoms with Gasteiger partial charge in [-0.15, -0.1) is 0 Å². The SMILES string of the molecule is Cc1cc(OCCn2c(-c3ccc(Cl)cc3)nc3ccccc32)cc(C)c1Cl. The quantitative estimate of drug-likeness (QED) is 0.365. The first kappa shape index (κ1) is 18.9. The van der Waals surface area contributed by atoms with Gasteiger partial charge in [0.25, 0.3) is 0 Å². The van der Waals surface area contributed by atoms with Crippen LogP contribution in [0.5, 0.6) is 5.75 Å². The topological polar surface area (TPSA) is 27.1 Å². The summed E-state index contributed by atoms with van der Waals surface area (Å²) < 4.78 is 8.22. The Morgan fingerprint density at radius 2 is 1.61 bits per heavy atom. The second kappa shape index (κ2) is 7.86. The summed E-state index contributed by atoms with van der Waals surface area (Å²) in [5.41, 5.74) is 5.11. The molecule has 0 amide bonds. The minimum atomic E-state index is 0.529. The van der Waals surface area contributed by atoms with Crippen molar-refractivity contribution in [2.75, 3.05) is 6.61 Å². The van der Waals surface area contributed by atoms with Crippen LogP contribution in [-0.4, -0.2) is 16.2 Å². The van der Waals surface area contributed by atoms with Crippen molar-refractivity contribution in [2.45, 2.75) is 20.4 Å². The molecule has 4 aromatic rings. The summed E-state index contributed by atoms with van der Waals surface area (Å²) in [6, 6.07) is 19.8. The number of aromatic nitrogens is 2. The first-order valence-electron chi connectivity index (χ1n) is 9.13. The van der Waals surface area contributed by atoms with Crippen molar-refractivity contribution in [3.05, 3.63) is 81.8 Å². The number of benzene rings is 3. The largest absolute Gasteiger partial charge is 0.492 e. The fraction of sp³-hybridized carbons (Fsp3) is 0.174. The third kappa shape index (κ3) is 3.73. The van der Waals surface area contributed by atoms with Crippen LogP contribution in [0.4, 0.5) is 0 Å². The molecule has 0 saturated carbocycles. The van der Waals surface area contributed by atoms with Gasteiger partial charge in [-0.2, -0.15) is 0 Å². The van der Waals surface area contributed by atoms with Crippen molar-refractivity contribution in [1.29, 1.82) is 0 Å². The lowest BCUT2D eigenvalue weighted by molar-refractivity contribution is 0.300. The summed E-state index contributed by atoms with van der Waals surface area (Å²) in [7, 11) is 0. The summed E-state index contributed by atoms with van der Waals surface area (Å²) in [6.07, 6.45) is 0. The molecule has 0 fully saturated rings. The molecule has 0 atom stereocenters. The van der Waals surface area contributed by atoms with Crippen LogP contribution in [-0.2, 0) is 6.54 Å². The second-order valence-corrected chi connectivity index (χ2v) is 7.62. The number of hydrogen-bond donors (Lipinski definition) is 0. The number of para-hydroxylation sites is 2. The third-order valence-electron chi connectivity index (χ3n) is 4.75. The Bertz CT molecular complexity index is 1110. The second-order valence-electron chi connectivity index (χ2n) is 6.80. The average Bonchev–Trinajstić information content (AvgIpc) is 3.05. The van der Waals surface area contributed by atoms with E-state index in [-0.39, 0.29) is 0 Å². The van der Waals surface area contributed by atoms with Crippen molar-refractivity contribution in [2.24, 2.45) is 0 Å². The number of halogens is 2. The maximum Gasteiger partial charge on any atom is 0.141 e. The van der Waals surface area contributed by atoms with Crippen molar-refractivity contribution >= 4 is 34.2 Å². The van der Waals surface area contributed by atoms with E-state index in [1.54, 1.807) is 0 Å². The summed E-state index contributed by atoms with van der Waals surface area (Å²) in [6.45, 7) is 5.19. The molecule has 142 valence electrons. The predicted octanol–water partition coefficient (Wildman–Crippen LogP) is 6.71. The fourth-order valence-electron chi connectivity index (χ4n) is 3.37. The Morgan fingerprint density at radius 1 is 0.929 bits per heavy atom. The van der Waals surface area contributed by atoms with Crippen LogP contribution in [0.3, 0.4) is 0 Å². The molecule has 1 aromatic heterocycles. The Labute approximate surface area is 174 Å². The number of rotatable bonds is 5. The fourth-order valence-corrected chi connectivity index (χ4v) is 3.60. The molecular formula is C23H20Cl2N2O. The van der Waals surface area contributed by atoms with E-state index in [1.807, 2.05) is 68.4 Å². The lowest BCUT2D eigenvalue weighted by Gasteiger charge is -2.13. The van der Waals surface area contributed by atoms with Gasteiger partial charge in [-0.3, -0.25) is 0 Å². The van der Waals surface area contributed by atoms with Crippen LogP contribution >= 0.6 is 23.2 Å². The van der Waals surface area contributed by atoms with Gasteiger partial charge in [0, 0.05) is 15.6 Å². The standard InChI is InChI=1S/C23H20Cl2N2O/c1-15-13-19(14-16(2)22(15)25)28-12-11-27-21-6-4-3-5-20(21)26-23(27)17-7-9-18(24)10-8-17/h3-10,13-14H,11-12H2,1-2H3. The number of imidazole rings is 1. The van der Waals surface area contributed by atoms with Crippen molar-refractivity contribution in [3.63, 3.8) is 0 Å². The number of fused-ring (bicyclic) bond motifs is 1. The first-order valence-corrected chi connectivity index (χ1v) is 9.89. The summed E-state index contributed by atoms with van der Waals surface area (Å²) in [5, 5.41) is 1.50. The summed E-state index contributed by atoms with van der Waals surface area (Å²) in [5.74, 6) is 1.74. The molecule has 3 aromatic carbocycles. The molecule has 0 spiro atoms. The molecule has 28 heavy (non-hydrogen) atoms. The molecule has 0 aliphatic heterocycles. The van der Waals surface area contributed by atoms with Gasteiger partial charge < -0.3 is 9.30 Å². The average molecular weight is 411 g/mol. The smallest absolute Gasteiger partial charge is 0.141 e. The molecular weight excluding hydrogens is 391 g/mol. The minimum absolute atomic E-state index is 0.529. The zero-order valence-corrected chi connectivity index (χ0v) is 17.3. The highest BCUT2D eigenvalue weighted by atomic mass is 35.5. The number of aryl methyl sites for hydroxylation is 2. The van der Waals surface area contributed by atoms with Gasteiger partial charge in [0.15, 0.2) is 0 Å². The van der Waals surface area contributed by atoms with E-state index in [2.05, 4.69) is 10.6 Å². The molecule has 0 saturated heterocycles. The van der Waals surface area contributed by atoms with Crippen LogP contribution < -0.4 is 4.74 Å². The zero-order valence-electron chi connectivity index (χ0n) is 15.7. The zero-order chi connectivity index (χ0) is 19.7. The van der Waals surface area contributed by atoms with E-state index < -0.39 is 0 Å². The summed E-state index contributed by atoms with van der Waals surface area (Å²) in [4.78, 5) is 4.82. The lowest BCUT2D eigenvalue weighted by Crippen LogP contribution is -2.09. The van der Waals surface area contributed by atoms with E-state index in [0.29, 0.717) is 18.2 Å². The lowest BCUT2D eigenvalue weighted by atomic mass is 10.1. The van der Waals surface area contributed by atoms with Crippen molar-refractivity contribution < 1.29 is 4.74 Å². The highest BCUT2D eigenvalue weighted by Gasteiger charge is 2.13. The van der Waals surface area contributed by atoms with Gasteiger partial charge in [-0.25, -0.2) is 4.98 Å². The number of ether oxygens (including phenoxy) is 1. The van der Waals surface area contributed by atoms with Crippen LogP contribution in [0.25, 0.3) is 22.4 Å². The van der Waals surface area contributed by atoms with Gasteiger partial charge in [0.2, 0.25) is 0 Å². The molecule has 4 rings (SSSR count). The molecule has 5 heteroatoms. The van der Waals surface area contributed by atoms with E-state index in [9.17, 15) is 0 Å². The Balaban J connectivity index is 1.62. The highest BCUT2D eigenvalue weighted by Crippen LogP contribution is 2.28. The predicted molar refractivity (Wildman–Crippen MR) is 117 cm³/mol. The Kier molecular flexibility index (Phi) is 5.29. The van der Waals surface area contributed by atoms with Crippen LogP contribution in [0.15, 0.2) is 60.7 Å². The Morgan fingerprint density at radius 3 is 2.32 bits per heavy atom. The number of hydrogen-bond acceptors (Lipinski definition) is 2. The molecule has 0 N–H and O–H groups in total. The normalized spacial score (nSPS) is 11.1. The van der Waals surface area contributed by atoms with E-state index in [0.717, 1.165) is 44.3 Å². The molecule has 0 aliphatic rings. The van der Waals surface area contributed by atoms with Crippen LogP contribution in [0.2, 0.25) is 10.0 Å². The van der Waals surface area contributed by atoms with E-state index in [1.165, 1.54) is 0 Å². The molecule has 0 unspecified atom stereocenters. The Hall–Kier alpha value is -2.49. The van der Waals surface area contributed by atoms with Gasteiger partial charge in [-0.1, -0.05) is 35.3 Å². The summed E-state index contributed by atoms with van der Waals surface area (Å²) >= 11 is 12.3. The maximum atomic E-state index is 6.25. The van der Waals surface area contributed by atoms with Crippen LogP contribution in [0, 0.1) is 13.8 Å². The van der Waals surface area contributed by atoms with Gasteiger partial charge in [0.05, 0.1) is 17.6 Å². The van der Waals surface area contributed by atoms with Gasteiger partial charge in [-0.05, 0) is 73.5 Å². The highest BCUT2D eigenvalue weighted by molar-refractivity contribution is 6.32. The third-order valence-corrected chi connectivity index (χ3v) is 5.60. The minimum Gasteiger partial charge on any atom is -0.492 e. The number of nitrogens with zero attached hydrogens (tertiary/aromatic N) is 2. The van der Waals surface area contributed by atoms with Gasteiger partial charge >= 0.3 is 0 Å². The van der Waals surface area contributed by atoms with E-state index in [4.69, 9.17) is 32.9 Å². The molecule has 1 heterocycles. The van der Waals surface area contributed by atoms with Crippen LogP contribution in [0.1, 0.15) is 11.1 Å². The molecule has 3 nitrogen and oxygen atoms in total.